The molecular weight excluding hydrogens is 256 g/mol. The van der Waals surface area contributed by atoms with Crippen LogP contribution in [0.25, 0.3) is 0 Å². The van der Waals surface area contributed by atoms with Crippen molar-refractivity contribution in [2.75, 3.05) is 6.54 Å². The lowest BCUT2D eigenvalue weighted by Gasteiger charge is -2.12. The van der Waals surface area contributed by atoms with E-state index < -0.39 is 23.7 Å². The fraction of sp³-hybridized carbons (Fsp3) is 0.364. The van der Waals surface area contributed by atoms with Gasteiger partial charge in [0.1, 0.15) is 6.29 Å². The molecule has 0 radical (unpaired) electrons. The number of nitrogens with one attached hydrogen (secondary N) is 1. The predicted octanol–water partition coefficient (Wildman–Crippen LogP) is -1.15. The number of amides is 3. The first-order chi connectivity index (χ1) is 9.04. The highest BCUT2D eigenvalue weighted by Crippen LogP contribution is 2.12. The monoisotopic (exact) mass is 268 g/mol. The van der Waals surface area contributed by atoms with Crippen molar-refractivity contribution in [2.24, 2.45) is 0 Å². The zero-order valence-electron chi connectivity index (χ0n) is 9.96. The van der Waals surface area contributed by atoms with E-state index >= 15 is 0 Å². The summed E-state index contributed by atoms with van der Waals surface area (Å²) in [5.74, 6) is -2.45. The molecule has 0 aromatic rings. The zero-order valence-corrected chi connectivity index (χ0v) is 9.96. The van der Waals surface area contributed by atoms with Crippen LogP contribution in [0.3, 0.4) is 0 Å². The lowest BCUT2D eigenvalue weighted by molar-refractivity contribution is -0.197. The number of nitrogens with zero attached hydrogens (tertiary/aromatic N) is 1. The van der Waals surface area contributed by atoms with Crippen molar-refractivity contribution in [3.63, 3.8) is 0 Å². The summed E-state index contributed by atoms with van der Waals surface area (Å²) in [4.78, 5) is 59.1. The molecule has 8 heteroatoms. The molecule has 0 unspecified atom stereocenters. The van der Waals surface area contributed by atoms with E-state index in [4.69, 9.17) is 0 Å². The van der Waals surface area contributed by atoms with Crippen molar-refractivity contribution in [2.45, 2.75) is 19.3 Å². The molecule has 3 amide bonds. The molecule has 8 nitrogen and oxygen atoms in total. The van der Waals surface area contributed by atoms with Crippen LogP contribution in [-0.2, 0) is 28.8 Å². The summed E-state index contributed by atoms with van der Waals surface area (Å²) in [7, 11) is 0. The molecule has 1 fully saturated rings. The summed E-state index contributed by atoms with van der Waals surface area (Å²) in [6.45, 7) is -0.0307. The predicted molar refractivity (Wildman–Crippen MR) is 60.0 cm³/mol. The van der Waals surface area contributed by atoms with Crippen molar-refractivity contribution < 1.29 is 28.8 Å². The van der Waals surface area contributed by atoms with Gasteiger partial charge in [-0.3, -0.25) is 19.2 Å². The summed E-state index contributed by atoms with van der Waals surface area (Å²) in [5.41, 5.74) is 0. The third kappa shape index (κ3) is 4.70. The van der Waals surface area contributed by atoms with Crippen LogP contribution in [0.5, 0.6) is 0 Å². The zero-order chi connectivity index (χ0) is 14.3. The van der Waals surface area contributed by atoms with Gasteiger partial charge in [-0.1, -0.05) is 0 Å². The van der Waals surface area contributed by atoms with Gasteiger partial charge >= 0.3 is 5.97 Å². The Balaban J connectivity index is 2.27. The van der Waals surface area contributed by atoms with Gasteiger partial charge in [0, 0.05) is 25.5 Å². The SMILES string of the molecule is O=C/C=C\C(=O)NCCC(=O)ON1C(=O)CCC1=O. The molecule has 0 aromatic carbocycles. The first-order valence-electron chi connectivity index (χ1n) is 5.51. The van der Waals surface area contributed by atoms with E-state index in [0.717, 1.165) is 12.2 Å². The van der Waals surface area contributed by atoms with Crippen molar-refractivity contribution in [1.82, 2.24) is 10.4 Å². The molecule has 102 valence electrons. The molecule has 0 bridgehead atoms. The summed E-state index contributed by atoms with van der Waals surface area (Å²) >= 11 is 0. The lowest BCUT2D eigenvalue weighted by Crippen LogP contribution is -2.33. The average Bonchev–Trinajstić information content (AvgIpc) is 2.68. The van der Waals surface area contributed by atoms with Crippen LogP contribution in [0.4, 0.5) is 0 Å². The number of hydrogen-bond acceptors (Lipinski definition) is 6. The van der Waals surface area contributed by atoms with E-state index in [1.165, 1.54) is 0 Å². The number of rotatable bonds is 6. The second-order valence-corrected chi connectivity index (χ2v) is 3.58. The highest BCUT2D eigenvalue weighted by Gasteiger charge is 2.32. The van der Waals surface area contributed by atoms with Crippen LogP contribution < -0.4 is 5.32 Å². The second kappa shape index (κ2) is 7.04. The molecule has 0 saturated carbocycles. The molecular formula is C11H12N2O6. The van der Waals surface area contributed by atoms with Gasteiger partial charge in [-0.2, -0.15) is 0 Å². The molecule has 1 heterocycles. The molecule has 1 N–H and O–H groups in total. The number of imide groups is 1. The fourth-order valence-corrected chi connectivity index (χ4v) is 1.28. The van der Waals surface area contributed by atoms with Crippen molar-refractivity contribution in [3.05, 3.63) is 12.2 Å². The van der Waals surface area contributed by atoms with Crippen molar-refractivity contribution in [1.29, 1.82) is 0 Å². The van der Waals surface area contributed by atoms with Gasteiger partial charge in [0.2, 0.25) is 5.91 Å². The van der Waals surface area contributed by atoms with E-state index in [2.05, 4.69) is 10.2 Å². The number of hydrogen-bond donors (Lipinski definition) is 1. The van der Waals surface area contributed by atoms with E-state index in [9.17, 15) is 24.0 Å². The summed E-state index contributed by atoms with van der Waals surface area (Å²) in [6, 6.07) is 0. The highest BCUT2D eigenvalue weighted by molar-refractivity contribution is 6.01. The molecule has 0 aromatic heterocycles. The summed E-state index contributed by atoms with van der Waals surface area (Å²) in [5, 5.41) is 2.76. The van der Waals surface area contributed by atoms with Gasteiger partial charge in [0.05, 0.1) is 6.42 Å². The Hall–Kier alpha value is -2.51. The number of aldehydes is 1. The Labute approximate surface area is 108 Å². The average molecular weight is 268 g/mol. The fourth-order valence-electron chi connectivity index (χ4n) is 1.28. The quantitative estimate of drug-likeness (QED) is 0.370. The van der Waals surface area contributed by atoms with Gasteiger partial charge in [0.25, 0.3) is 11.8 Å². The Bertz CT molecular complexity index is 426. The minimum absolute atomic E-state index is 0.0271. The third-order valence-electron chi connectivity index (χ3n) is 2.15. The Morgan fingerprint density at radius 2 is 1.89 bits per heavy atom. The Kier molecular flexibility index (Phi) is 5.39. The van der Waals surface area contributed by atoms with Crippen molar-refractivity contribution >= 4 is 30.0 Å². The highest BCUT2D eigenvalue weighted by atomic mass is 16.7. The maximum Gasteiger partial charge on any atom is 0.334 e. The maximum atomic E-state index is 11.3. The molecule has 1 aliphatic rings. The van der Waals surface area contributed by atoms with Crippen LogP contribution in [-0.4, -0.2) is 41.6 Å². The normalized spacial score (nSPS) is 14.8. The minimum atomic E-state index is -0.803. The van der Waals surface area contributed by atoms with Crippen LogP contribution in [0.15, 0.2) is 12.2 Å². The van der Waals surface area contributed by atoms with Crippen LogP contribution in [0.1, 0.15) is 19.3 Å². The van der Waals surface area contributed by atoms with Crippen LogP contribution in [0, 0.1) is 0 Å². The van der Waals surface area contributed by atoms with E-state index in [1.807, 2.05) is 0 Å². The number of carbonyl (C=O) groups is 5. The molecule has 0 spiro atoms. The van der Waals surface area contributed by atoms with E-state index in [-0.39, 0.29) is 25.8 Å². The van der Waals surface area contributed by atoms with Crippen LogP contribution >= 0.6 is 0 Å². The van der Waals surface area contributed by atoms with Gasteiger partial charge in [-0.05, 0) is 6.08 Å². The second-order valence-electron chi connectivity index (χ2n) is 3.58. The lowest BCUT2D eigenvalue weighted by atomic mass is 10.4. The largest absolute Gasteiger partial charge is 0.352 e. The minimum Gasteiger partial charge on any atom is -0.352 e. The van der Waals surface area contributed by atoms with Gasteiger partial charge < -0.3 is 10.2 Å². The van der Waals surface area contributed by atoms with E-state index in [1.54, 1.807) is 0 Å². The molecule has 0 atom stereocenters. The number of carbonyl (C=O) groups excluding carboxylic acids is 5. The number of allylic oxidation sites excluding steroid dienone is 1. The molecule has 1 aliphatic heterocycles. The standard InChI is InChI=1S/C11H12N2O6/c14-7-1-2-8(15)12-6-5-11(18)19-13-9(16)3-4-10(13)17/h1-2,7H,3-6H2,(H,12,15)/b2-1-. The number of hydroxylamine groups is 2. The third-order valence-corrected chi connectivity index (χ3v) is 2.15. The van der Waals surface area contributed by atoms with E-state index in [0.29, 0.717) is 11.3 Å². The Morgan fingerprint density at radius 1 is 1.26 bits per heavy atom. The summed E-state index contributed by atoms with van der Waals surface area (Å²) < 4.78 is 0. The first-order valence-corrected chi connectivity index (χ1v) is 5.51. The van der Waals surface area contributed by atoms with Gasteiger partial charge in [-0.15, -0.1) is 5.06 Å². The van der Waals surface area contributed by atoms with Gasteiger partial charge in [0.15, 0.2) is 0 Å². The first kappa shape index (κ1) is 14.6. The van der Waals surface area contributed by atoms with Gasteiger partial charge in [-0.25, -0.2) is 4.79 Å². The van der Waals surface area contributed by atoms with Crippen molar-refractivity contribution in [3.8, 4) is 0 Å². The topological polar surface area (TPSA) is 110 Å². The molecule has 1 saturated heterocycles. The Morgan fingerprint density at radius 3 is 2.47 bits per heavy atom. The smallest absolute Gasteiger partial charge is 0.334 e. The molecule has 1 rings (SSSR count). The summed E-state index contributed by atoms with van der Waals surface area (Å²) in [6.07, 6.45) is 2.32. The molecule has 0 aliphatic carbocycles. The maximum absolute atomic E-state index is 11.3. The van der Waals surface area contributed by atoms with Crippen LogP contribution in [0.2, 0.25) is 0 Å². The molecule has 19 heavy (non-hydrogen) atoms.